The minimum atomic E-state index is -0.876. The number of alkyl carbamates (subject to hydrolysis) is 1. The molecule has 1 rings (SSSR count). The van der Waals surface area contributed by atoms with Crippen molar-refractivity contribution in [2.24, 2.45) is 0 Å². The molecule has 0 aliphatic rings. The van der Waals surface area contributed by atoms with Crippen LogP contribution in [-0.2, 0) is 20.9 Å². The average Bonchev–Trinajstić information content (AvgIpc) is 2.54. The molecular formula is C19H28N2O4. The maximum absolute atomic E-state index is 12.3. The van der Waals surface area contributed by atoms with Crippen LogP contribution in [0.15, 0.2) is 43.0 Å². The molecule has 1 aromatic rings. The second-order valence-corrected chi connectivity index (χ2v) is 6.66. The minimum Gasteiger partial charge on any atom is -0.444 e. The highest BCUT2D eigenvalue weighted by Crippen LogP contribution is 2.10. The Morgan fingerprint density at radius 3 is 2.44 bits per heavy atom. The van der Waals surface area contributed by atoms with Crippen molar-refractivity contribution in [3.05, 3.63) is 48.6 Å². The number of ether oxygens (including phenoxy) is 2. The van der Waals surface area contributed by atoms with Crippen LogP contribution in [-0.4, -0.2) is 36.3 Å². The van der Waals surface area contributed by atoms with E-state index in [1.807, 2.05) is 30.3 Å². The number of benzene rings is 1. The molecule has 0 heterocycles. The summed E-state index contributed by atoms with van der Waals surface area (Å²) >= 11 is 0. The molecule has 0 aliphatic heterocycles. The summed E-state index contributed by atoms with van der Waals surface area (Å²) in [7, 11) is 0. The largest absolute Gasteiger partial charge is 0.444 e. The number of rotatable bonds is 8. The van der Waals surface area contributed by atoms with Crippen LogP contribution in [0.2, 0.25) is 0 Å². The molecule has 0 unspecified atom stereocenters. The number of nitrogens with one attached hydrogen (secondary N) is 2. The third-order valence-corrected chi connectivity index (χ3v) is 3.20. The SMILES string of the molecule is C=CCNC(=O)[C@@H](NC(=O)OC(C)(C)C)[C@@H](C)OCc1ccccc1. The topological polar surface area (TPSA) is 76.7 Å². The summed E-state index contributed by atoms with van der Waals surface area (Å²) in [5.41, 5.74) is 0.331. The highest BCUT2D eigenvalue weighted by molar-refractivity contribution is 5.86. The quantitative estimate of drug-likeness (QED) is 0.708. The molecule has 25 heavy (non-hydrogen) atoms. The van der Waals surface area contributed by atoms with Crippen molar-refractivity contribution in [3.8, 4) is 0 Å². The van der Waals surface area contributed by atoms with Gasteiger partial charge >= 0.3 is 6.09 Å². The summed E-state index contributed by atoms with van der Waals surface area (Å²) in [4.78, 5) is 24.4. The van der Waals surface area contributed by atoms with Gasteiger partial charge < -0.3 is 20.1 Å². The van der Waals surface area contributed by atoms with Gasteiger partial charge in [0.1, 0.15) is 11.6 Å². The Morgan fingerprint density at radius 2 is 1.88 bits per heavy atom. The molecule has 0 saturated carbocycles. The van der Waals surface area contributed by atoms with Crippen molar-refractivity contribution in [2.75, 3.05) is 6.54 Å². The molecule has 2 amide bonds. The Morgan fingerprint density at radius 1 is 1.24 bits per heavy atom. The Balaban J connectivity index is 2.72. The van der Waals surface area contributed by atoms with Gasteiger partial charge in [-0.25, -0.2) is 4.79 Å². The maximum atomic E-state index is 12.3. The van der Waals surface area contributed by atoms with Crippen molar-refractivity contribution < 1.29 is 19.1 Å². The fraction of sp³-hybridized carbons (Fsp3) is 0.474. The lowest BCUT2D eigenvalue weighted by Gasteiger charge is -2.26. The molecule has 0 aliphatic carbocycles. The van der Waals surface area contributed by atoms with E-state index >= 15 is 0 Å². The predicted octanol–water partition coefficient (Wildman–Crippen LogP) is 2.79. The smallest absolute Gasteiger partial charge is 0.408 e. The zero-order valence-electron chi connectivity index (χ0n) is 15.4. The predicted molar refractivity (Wildman–Crippen MR) is 97.1 cm³/mol. The number of carbonyl (C=O) groups excluding carboxylic acids is 2. The first-order valence-electron chi connectivity index (χ1n) is 8.26. The second kappa shape index (κ2) is 9.84. The fourth-order valence-corrected chi connectivity index (χ4v) is 2.01. The molecule has 6 heteroatoms. The second-order valence-electron chi connectivity index (χ2n) is 6.66. The van der Waals surface area contributed by atoms with Gasteiger partial charge in [0, 0.05) is 6.54 Å². The Bertz CT molecular complexity index is 567. The van der Waals surface area contributed by atoms with Crippen molar-refractivity contribution in [3.63, 3.8) is 0 Å². The van der Waals surface area contributed by atoms with Gasteiger partial charge in [-0.15, -0.1) is 6.58 Å². The van der Waals surface area contributed by atoms with E-state index in [1.54, 1.807) is 33.8 Å². The van der Waals surface area contributed by atoms with Gasteiger partial charge in [0.05, 0.1) is 12.7 Å². The van der Waals surface area contributed by atoms with Crippen LogP contribution < -0.4 is 10.6 Å². The molecule has 0 spiro atoms. The Hall–Kier alpha value is -2.34. The molecular weight excluding hydrogens is 320 g/mol. The van der Waals surface area contributed by atoms with Crippen LogP contribution >= 0.6 is 0 Å². The zero-order valence-corrected chi connectivity index (χ0v) is 15.4. The molecule has 0 aromatic heterocycles. The van der Waals surface area contributed by atoms with Crippen molar-refractivity contribution in [1.82, 2.24) is 10.6 Å². The van der Waals surface area contributed by atoms with Crippen molar-refractivity contribution in [2.45, 2.75) is 52.0 Å². The normalized spacial score (nSPS) is 13.4. The molecule has 2 N–H and O–H groups in total. The first-order valence-corrected chi connectivity index (χ1v) is 8.26. The van der Waals surface area contributed by atoms with E-state index in [-0.39, 0.29) is 5.91 Å². The summed E-state index contributed by atoms with van der Waals surface area (Å²) in [6.07, 6.45) is 0.358. The summed E-state index contributed by atoms with van der Waals surface area (Å²) in [6, 6.07) is 8.73. The number of hydrogen-bond acceptors (Lipinski definition) is 4. The lowest BCUT2D eigenvalue weighted by Crippen LogP contribution is -2.54. The van der Waals surface area contributed by atoms with Crippen molar-refractivity contribution in [1.29, 1.82) is 0 Å². The average molecular weight is 348 g/mol. The number of carbonyl (C=O) groups is 2. The zero-order chi connectivity index (χ0) is 18.9. The third kappa shape index (κ3) is 8.35. The van der Waals surface area contributed by atoms with E-state index in [0.29, 0.717) is 13.2 Å². The molecule has 0 radical (unpaired) electrons. The molecule has 0 bridgehead atoms. The third-order valence-electron chi connectivity index (χ3n) is 3.20. The fourth-order valence-electron chi connectivity index (χ4n) is 2.01. The van der Waals surface area contributed by atoms with E-state index in [4.69, 9.17) is 9.47 Å². The van der Waals surface area contributed by atoms with E-state index in [9.17, 15) is 9.59 Å². The van der Waals surface area contributed by atoms with E-state index in [1.165, 1.54) is 0 Å². The standard InChI is InChI=1S/C19H28N2O4/c1-6-12-20-17(22)16(21-18(23)25-19(3,4)5)14(2)24-13-15-10-8-7-9-11-15/h6-11,14,16H,1,12-13H2,2-5H3,(H,20,22)(H,21,23)/t14-,16+/m1/s1. The Kier molecular flexibility index (Phi) is 8.15. The molecule has 138 valence electrons. The first-order chi connectivity index (χ1) is 11.7. The number of hydrogen-bond donors (Lipinski definition) is 2. The van der Waals surface area contributed by atoms with Gasteiger partial charge in [-0.1, -0.05) is 36.4 Å². The van der Waals surface area contributed by atoms with Crippen LogP contribution in [0.3, 0.4) is 0 Å². The van der Waals surface area contributed by atoms with E-state index in [0.717, 1.165) is 5.56 Å². The Labute approximate surface area is 149 Å². The highest BCUT2D eigenvalue weighted by Gasteiger charge is 2.29. The first kappa shape index (κ1) is 20.7. The van der Waals surface area contributed by atoms with Gasteiger partial charge in [-0.05, 0) is 33.3 Å². The van der Waals surface area contributed by atoms with Gasteiger partial charge in [0.15, 0.2) is 0 Å². The van der Waals surface area contributed by atoms with Crippen LogP contribution in [0, 0.1) is 0 Å². The van der Waals surface area contributed by atoms with Crippen LogP contribution in [0.1, 0.15) is 33.3 Å². The summed E-state index contributed by atoms with van der Waals surface area (Å²) < 4.78 is 11.0. The van der Waals surface area contributed by atoms with Gasteiger partial charge in [-0.2, -0.15) is 0 Å². The summed E-state index contributed by atoms with van der Waals surface area (Å²) in [6.45, 7) is 11.2. The van der Waals surface area contributed by atoms with E-state index in [2.05, 4.69) is 17.2 Å². The molecule has 1 aromatic carbocycles. The summed E-state index contributed by atoms with van der Waals surface area (Å²) in [5, 5.41) is 5.26. The van der Waals surface area contributed by atoms with Crippen LogP contribution in [0.4, 0.5) is 4.79 Å². The summed E-state index contributed by atoms with van der Waals surface area (Å²) in [5.74, 6) is -0.355. The molecule has 0 fully saturated rings. The van der Waals surface area contributed by atoms with Gasteiger partial charge in [0.2, 0.25) is 5.91 Å². The van der Waals surface area contributed by atoms with Gasteiger partial charge in [-0.3, -0.25) is 4.79 Å². The minimum absolute atomic E-state index is 0.302. The molecule has 0 saturated heterocycles. The number of amides is 2. The van der Waals surface area contributed by atoms with E-state index < -0.39 is 23.8 Å². The van der Waals surface area contributed by atoms with Gasteiger partial charge in [0.25, 0.3) is 0 Å². The lowest BCUT2D eigenvalue weighted by molar-refractivity contribution is -0.127. The molecule has 2 atom stereocenters. The van der Waals surface area contributed by atoms with Crippen LogP contribution in [0.25, 0.3) is 0 Å². The van der Waals surface area contributed by atoms with Crippen LogP contribution in [0.5, 0.6) is 0 Å². The highest BCUT2D eigenvalue weighted by atomic mass is 16.6. The monoisotopic (exact) mass is 348 g/mol. The maximum Gasteiger partial charge on any atom is 0.408 e. The molecule has 6 nitrogen and oxygen atoms in total. The van der Waals surface area contributed by atoms with Crippen molar-refractivity contribution >= 4 is 12.0 Å². The lowest BCUT2D eigenvalue weighted by atomic mass is 10.1.